The van der Waals surface area contributed by atoms with E-state index in [1.807, 2.05) is 53.7 Å². The van der Waals surface area contributed by atoms with Crippen molar-refractivity contribution in [2.45, 2.75) is 80.1 Å². The third-order valence-corrected chi connectivity index (χ3v) is 10.8. The zero-order valence-corrected chi connectivity index (χ0v) is 37.4. The summed E-state index contributed by atoms with van der Waals surface area (Å²) in [6, 6.07) is 8.12. The molecule has 15 nitrogen and oxygen atoms in total. The predicted molar refractivity (Wildman–Crippen MR) is 224 cm³/mol. The molecule has 0 N–H and O–H groups in total. The first-order valence-electron chi connectivity index (χ1n) is 19.7. The number of carbonyl (C=O) groups excluding carboxylic acids is 3. The summed E-state index contributed by atoms with van der Waals surface area (Å²) in [7, 11) is 10.7. The van der Waals surface area contributed by atoms with Gasteiger partial charge in [0.15, 0.2) is 5.70 Å². The molecule has 0 bridgehead atoms. The summed E-state index contributed by atoms with van der Waals surface area (Å²) in [6.45, 7) is 26.0. The van der Waals surface area contributed by atoms with Crippen LogP contribution in [0.1, 0.15) is 80.1 Å². The van der Waals surface area contributed by atoms with Crippen LogP contribution in [0.15, 0.2) is 67.5 Å². The lowest BCUT2D eigenvalue weighted by Gasteiger charge is -2.36. The SMILES string of the molecule is [C-]#[N+]C1=C(N(C)C)CC(C)(C)C/C1=C(/[N+]#[C-])C(=O)OCC(COC(=O)/C(C#N)=C1\CC(C)(C)CC(N(C)C)=C1C#N)COC(=O)/C(C#N)=C1\CC(C)(C)CC(N(C)C)=C1C#N. The first kappa shape index (κ1) is 48.6. The lowest BCUT2D eigenvalue weighted by atomic mass is 9.72. The van der Waals surface area contributed by atoms with Crippen LogP contribution in [-0.4, -0.2) is 94.7 Å². The van der Waals surface area contributed by atoms with Gasteiger partial charge in [-0.15, -0.1) is 0 Å². The molecule has 0 unspecified atom stereocenters. The van der Waals surface area contributed by atoms with Gasteiger partial charge in [-0.2, -0.15) is 21.0 Å². The van der Waals surface area contributed by atoms with Crippen molar-refractivity contribution in [3.8, 4) is 24.3 Å². The molecule has 0 radical (unpaired) electrons. The van der Waals surface area contributed by atoms with Crippen LogP contribution in [0.3, 0.4) is 0 Å². The van der Waals surface area contributed by atoms with Crippen molar-refractivity contribution in [2.24, 2.45) is 22.2 Å². The molecule has 0 aromatic carbocycles. The highest BCUT2D eigenvalue weighted by Crippen LogP contribution is 2.46. The second kappa shape index (κ2) is 19.5. The lowest BCUT2D eigenvalue weighted by Crippen LogP contribution is -2.30. The van der Waals surface area contributed by atoms with E-state index in [0.29, 0.717) is 36.4 Å². The Labute approximate surface area is 360 Å². The van der Waals surface area contributed by atoms with Crippen LogP contribution in [-0.2, 0) is 28.6 Å². The molecular formula is C46H55N9O6. The van der Waals surface area contributed by atoms with Crippen molar-refractivity contribution in [3.05, 3.63) is 90.3 Å². The molecule has 0 amide bonds. The van der Waals surface area contributed by atoms with Crippen molar-refractivity contribution in [1.82, 2.24) is 14.7 Å². The molecule has 0 spiro atoms. The van der Waals surface area contributed by atoms with E-state index in [-0.39, 0.29) is 64.0 Å². The fourth-order valence-corrected chi connectivity index (χ4v) is 7.83. The number of carbonyl (C=O) groups is 3. The Hall–Kier alpha value is -6.81. The Balaban J connectivity index is 2.07. The maximum absolute atomic E-state index is 13.7. The van der Waals surface area contributed by atoms with Crippen molar-refractivity contribution in [1.29, 1.82) is 21.0 Å². The molecule has 0 saturated heterocycles. The molecule has 0 atom stereocenters. The first-order valence-corrected chi connectivity index (χ1v) is 19.7. The van der Waals surface area contributed by atoms with Gasteiger partial charge in [-0.25, -0.2) is 19.3 Å². The number of ether oxygens (including phenoxy) is 3. The van der Waals surface area contributed by atoms with Gasteiger partial charge >= 0.3 is 17.9 Å². The van der Waals surface area contributed by atoms with Gasteiger partial charge in [0.1, 0.15) is 48.6 Å². The van der Waals surface area contributed by atoms with Gasteiger partial charge in [-0.3, -0.25) is 4.79 Å². The summed E-state index contributed by atoms with van der Waals surface area (Å²) in [5.41, 5.74) is 0.885. The Morgan fingerprint density at radius 2 is 0.934 bits per heavy atom. The predicted octanol–water partition coefficient (Wildman–Crippen LogP) is 6.88. The molecule has 3 aliphatic rings. The van der Waals surface area contributed by atoms with E-state index >= 15 is 0 Å². The minimum absolute atomic E-state index is 0.184. The van der Waals surface area contributed by atoms with Crippen LogP contribution in [0.2, 0.25) is 0 Å². The standard InChI is InChI=1S/C46H55N9O6/c1-44(2)15-29(32(21-47)36(18-44)53(9)10)34(23-49)41(56)59-25-28(26-60-42(57)35(24-50)30-16-45(3,4)19-37(54(11)12)33(30)22-48)27-61-43(58)40(52-8)31-17-46(5,6)20-38(55(13)14)39(31)51-7/h28H,15-20,25-27H2,1-6,9-14H3/b34-29+,35-30+,40-31-. The fourth-order valence-electron chi connectivity index (χ4n) is 7.83. The first-order chi connectivity index (χ1) is 28.4. The molecule has 3 rings (SSSR count). The van der Waals surface area contributed by atoms with Gasteiger partial charge in [0.2, 0.25) is 0 Å². The van der Waals surface area contributed by atoms with Gasteiger partial charge in [-0.1, -0.05) is 41.5 Å². The minimum Gasteiger partial charge on any atom is -0.470 e. The van der Waals surface area contributed by atoms with Crippen molar-refractivity contribution in [2.75, 3.05) is 62.1 Å². The maximum Gasteiger partial charge on any atom is 0.349 e. The summed E-state index contributed by atoms with van der Waals surface area (Å²) in [5.74, 6) is -4.23. The van der Waals surface area contributed by atoms with Crippen LogP contribution >= 0.6 is 0 Å². The largest absolute Gasteiger partial charge is 0.470 e. The molecule has 0 aliphatic heterocycles. The Bertz CT molecular complexity index is 2050. The van der Waals surface area contributed by atoms with Gasteiger partial charge in [0.05, 0.1) is 36.8 Å². The number of nitriles is 4. The monoisotopic (exact) mass is 829 g/mol. The molecule has 0 heterocycles. The average Bonchev–Trinajstić information content (AvgIpc) is 3.16. The second-order valence-corrected chi connectivity index (χ2v) is 18.5. The zero-order valence-electron chi connectivity index (χ0n) is 37.4. The highest BCUT2D eigenvalue weighted by molar-refractivity contribution is 5.96. The van der Waals surface area contributed by atoms with E-state index in [1.165, 1.54) is 0 Å². The van der Waals surface area contributed by atoms with Crippen LogP contribution in [0, 0.1) is 80.6 Å². The number of rotatable bonds is 12. The van der Waals surface area contributed by atoms with E-state index in [2.05, 4.69) is 21.8 Å². The molecule has 15 heteroatoms. The van der Waals surface area contributed by atoms with E-state index < -0.39 is 65.6 Å². The number of hydrogen-bond acceptors (Lipinski definition) is 13. The van der Waals surface area contributed by atoms with Crippen LogP contribution in [0.5, 0.6) is 0 Å². The van der Waals surface area contributed by atoms with Crippen molar-refractivity contribution in [3.63, 3.8) is 0 Å². The molecule has 0 aromatic rings. The van der Waals surface area contributed by atoms with E-state index in [4.69, 9.17) is 27.4 Å². The molecule has 320 valence electrons. The number of esters is 3. The Morgan fingerprint density at radius 3 is 1.25 bits per heavy atom. The van der Waals surface area contributed by atoms with Gasteiger partial charge in [0, 0.05) is 59.4 Å². The van der Waals surface area contributed by atoms with Crippen LogP contribution in [0.25, 0.3) is 9.69 Å². The highest BCUT2D eigenvalue weighted by Gasteiger charge is 2.38. The molecule has 3 aliphatic carbocycles. The highest BCUT2D eigenvalue weighted by atomic mass is 16.6. The second-order valence-electron chi connectivity index (χ2n) is 18.5. The molecule has 61 heavy (non-hydrogen) atoms. The number of hydrogen-bond donors (Lipinski definition) is 0. The van der Waals surface area contributed by atoms with E-state index in [1.54, 1.807) is 57.0 Å². The third kappa shape index (κ3) is 11.5. The molecule has 0 fully saturated rings. The normalized spacial score (nSPS) is 20.3. The zero-order chi connectivity index (χ0) is 46.2. The fraction of sp³-hybridized carbons (Fsp3) is 0.543. The van der Waals surface area contributed by atoms with Gasteiger partial charge < -0.3 is 28.9 Å². The minimum atomic E-state index is -1.09. The smallest absolute Gasteiger partial charge is 0.349 e. The third-order valence-electron chi connectivity index (χ3n) is 10.8. The van der Waals surface area contributed by atoms with Gasteiger partial charge in [0.25, 0.3) is 5.70 Å². The quantitative estimate of drug-likeness (QED) is 0.0651. The summed E-state index contributed by atoms with van der Waals surface area (Å²) in [5, 5.41) is 40.8. The molecular weight excluding hydrogens is 775 g/mol. The Morgan fingerprint density at radius 1 is 0.590 bits per heavy atom. The van der Waals surface area contributed by atoms with Crippen molar-refractivity contribution < 1.29 is 28.6 Å². The summed E-state index contributed by atoms with van der Waals surface area (Å²) >= 11 is 0. The lowest BCUT2D eigenvalue weighted by molar-refractivity contribution is -0.148. The molecule has 0 saturated carbocycles. The van der Waals surface area contributed by atoms with E-state index in [0.717, 1.165) is 0 Å². The van der Waals surface area contributed by atoms with Gasteiger partial charge in [-0.05, 0) is 71.5 Å². The number of allylic oxidation sites excluding steroid dienone is 8. The van der Waals surface area contributed by atoms with E-state index in [9.17, 15) is 35.4 Å². The Kier molecular flexibility index (Phi) is 15.5. The summed E-state index contributed by atoms with van der Waals surface area (Å²) in [4.78, 5) is 53.7. The van der Waals surface area contributed by atoms with Crippen LogP contribution < -0.4 is 0 Å². The maximum atomic E-state index is 13.7. The van der Waals surface area contributed by atoms with Crippen molar-refractivity contribution >= 4 is 17.9 Å². The summed E-state index contributed by atoms with van der Waals surface area (Å²) < 4.78 is 16.9. The number of nitrogens with zero attached hydrogens (tertiary/aromatic N) is 9. The molecule has 0 aromatic heterocycles. The topological polar surface area (TPSA) is 192 Å². The van der Waals surface area contributed by atoms with Crippen LogP contribution in [0.4, 0.5) is 0 Å². The summed E-state index contributed by atoms with van der Waals surface area (Å²) in [6.07, 6.45) is 2.33. The average molecular weight is 830 g/mol.